The highest BCUT2D eigenvalue weighted by molar-refractivity contribution is 6.31. The van der Waals surface area contributed by atoms with Crippen LogP contribution in [0.1, 0.15) is 12.0 Å². The molecule has 0 radical (unpaired) electrons. The fourth-order valence-corrected chi connectivity index (χ4v) is 1.72. The number of benzene rings is 1. The number of hydrogen-bond acceptors (Lipinski definition) is 5. The number of hydrogen-bond donors (Lipinski definition) is 5. The molecule has 6 N–H and O–H groups in total. The number of rotatable bonds is 6. The number of aryl methyl sites for hydroxylation is 1. The molecule has 1 aromatic rings. The molecule has 1 unspecified atom stereocenters. The zero-order valence-electron chi connectivity index (χ0n) is 10.2. The number of aliphatic hydroxyl groups excluding tert-OH is 3. The minimum atomic E-state index is -0.916. The summed E-state index contributed by atoms with van der Waals surface area (Å²) in [6, 6.07) is 3.45. The van der Waals surface area contributed by atoms with Crippen LogP contribution in [0, 0.1) is 6.92 Å². The Morgan fingerprint density at radius 3 is 2.61 bits per heavy atom. The largest absolute Gasteiger partial charge is 0.397 e. The van der Waals surface area contributed by atoms with Crippen molar-refractivity contribution in [2.45, 2.75) is 25.6 Å². The van der Waals surface area contributed by atoms with Crippen LogP contribution in [0.15, 0.2) is 12.1 Å². The van der Waals surface area contributed by atoms with E-state index in [1.165, 1.54) is 0 Å². The molecular weight excluding hydrogens is 256 g/mol. The first kappa shape index (κ1) is 15.0. The Labute approximate surface area is 111 Å². The van der Waals surface area contributed by atoms with Gasteiger partial charge in [0.25, 0.3) is 0 Å². The molecule has 0 amide bonds. The predicted octanol–water partition coefficient (Wildman–Crippen LogP) is 0.747. The molecule has 102 valence electrons. The maximum atomic E-state index is 9.62. The van der Waals surface area contributed by atoms with Gasteiger partial charge < -0.3 is 26.4 Å². The molecule has 0 fully saturated rings. The lowest BCUT2D eigenvalue weighted by molar-refractivity contribution is 0.0460. The summed E-state index contributed by atoms with van der Waals surface area (Å²) in [4.78, 5) is 0. The summed E-state index contributed by atoms with van der Waals surface area (Å²) in [6.45, 7) is 1.71. The van der Waals surface area contributed by atoms with Gasteiger partial charge in [0.1, 0.15) is 0 Å². The van der Waals surface area contributed by atoms with E-state index in [1.54, 1.807) is 12.1 Å². The first-order chi connectivity index (χ1) is 8.43. The molecule has 2 atom stereocenters. The van der Waals surface area contributed by atoms with Crippen molar-refractivity contribution in [3.63, 3.8) is 0 Å². The standard InChI is InChI=1S/C12H19ClN2O3/c1-7-2-11(14)12(4-10(7)13)15-5-8(17)3-9(18)6-16/h2,4,8-9,15-18H,3,5-6,14H2,1H3/t8?,9-/m0/s1. The Hall–Kier alpha value is -1.01. The summed E-state index contributed by atoms with van der Waals surface area (Å²) in [5.74, 6) is 0. The van der Waals surface area contributed by atoms with Crippen molar-refractivity contribution in [1.82, 2.24) is 0 Å². The first-order valence-electron chi connectivity index (χ1n) is 5.70. The minimum absolute atomic E-state index is 0.100. The van der Waals surface area contributed by atoms with Crippen LogP contribution in [0.3, 0.4) is 0 Å². The number of aliphatic hydroxyl groups is 3. The molecule has 6 heteroatoms. The third-order valence-corrected chi connectivity index (χ3v) is 3.02. The van der Waals surface area contributed by atoms with Gasteiger partial charge in [-0.3, -0.25) is 0 Å². The van der Waals surface area contributed by atoms with Gasteiger partial charge in [-0.15, -0.1) is 0 Å². The summed E-state index contributed by atoms with van der Waals surface area (Å²) in [5.41, 5.74) is 7.89. The molecule has 0 saturated carbocycles. The Morgan fingerprint density at radius 1 is 1.33 bits per heavy atom. The number of nitrogens with one attached hydrogen (secondary N) is 1. The van der Waals surface area contributed by atoms with E-state index in [0.29, 0.717) is 16.4 Å². The van der Waals surface area contributed by atoms with Gasteiger partial charge in [-0.25, -0.2) is 0 Å². The van der Waals surface area contributed by atoms with Crippen LogP contribution in [0.5, 0.6) is 0 Å². The quantitative estimate of drug-likeness (QED) is 0.493. The lowest BCUT2D eigenvalue weighted by Gasteiger charge is -2.16. The van der Waals surface area contributed by atoms with Crippen LogP contribution in [-0.4, -0.2) is 40.7 Å². The van der Waals surface area contributed by atoms with Crippen molar-refractivity contribution in [3.05, 3.63) is 22.7 Å². The average molecular weight is 275 g/mol. The Balaban J connectivity index is 2.55. The zero-order chi connectivity index (χ0) is 13.7. The van der Waals surface area contributed by atoms with Gasteiger partial charge in [-0.1, -0.05) is 11.6 Å². The first-order valence-corrected chi connectivity index (χ1v) is 6.08. The summed E-state index contributed by atoms with van der Waals surface area (Å²) >= 11 is 5.98. The normalized spacial score (nSPS) is 14.3. The molecular formula is C12H19ClN2O3. The van der Waals surface area contributed by atoms with Gasteiger partial charge >= 0.3 is 0 Å². The summed E-state index contributed by atoms with van der Waals surface area (Å²) in [6.07, 6.45) is -1.59. The van der Waals surface area contributed by atoms with Gasteiger partial charge in [0, 0.05) is 18.0 Å². The number of anilines is 2. The van der Waals surface area contributed by atoms with Crippen LogP contribution >= 0.6 is 11.6 Å². The van der Waals surface area contributed by atoms with Gasteiger partial charge in [0.15, 0.2) is 0 Å². The van der Waals surface area contributed by atoms with E-state index in [0.717, 1.165) is 5.56 Å². The second-order valence-corrected chi connectivity index (χ2v) is 4.70. The van der Waals surface area contributed by atoms with E-state index < -0.39 is 12.2 Å². The van der Waals surface area contributed by atoms with Crippen LogP contribution in [0.4, 0.5) is 11.4 Å². The number of nitrogens with two attached hydrogens (primary N) is 1. The van der Waals surface area contributed by atoms with E-state index in [1.807, 2.05) is 6.92 Å². The highest BCUT2D eigenvalue weighted by Gasteiger charge is 2.11. The summed E-state index contributed by atoms with van der Waals surface area (Å²) < 4.78 is 0. The summed E-state index contributed by atoms with van der Waals surface area (Å²) in [5, 5.41) is 31.0. The molecule has 0 aliphatic carbocycles. The van der Waals surface area contributed by atoms with Gasteiger partial charge in [-0.05, 0) is 24.6 Å². The van der Waals surface area contributed by atoms with E-state index in [9.17, 15) is 10.2 Å². The van der Waals surface area contributed by atoms with Crippen molar-refractivity contribution >= 4 is 23.0 Å². The second-order valence-electron chi connectivity index (χ2n) is 4.30. The fraction of sp³-hybridized carbons (Fsp3) is 0.500. The minimum Gasteiger partial charge on any atom is -0.397 e. The topological polar surface area (TPSA) is 98.7 Å². The average Bonchev–Trinajstić information content (AvgIpc) is 2.32. The fourth-order valence-electron chi connectivity index (χ4n) is 1.56. The van der Waals surface area contributed by atoms with E-state index in [-0.39, 0.29) is 19.6 Å². The van der Waals surface area contributed by atoms with Crippen molar-refractivity contribution in [3.8, 4) is 0 Å². The molecule has 1 rings (SSSR count). The van der Waals surface area contributed by atoms with Crippen LogP contribution in [0.2, 0.25) is 5.02 Å². The van der Waals surface area contributed by atoms with Crippen LogP contribution in [-0.2, 0) is 0 Å². The maximum absolute atomic E-state index is 9.62. The number of nitrogen functional groups attached to an aromatic ring is 1. The third-order valence-electron chi connectivity index (χ3n) is 2.61. The smallest absolute Gasteiger partial charge is 0.0796 e. The van der Waals surface area contributed by atoms with Crippen molar-refractivity contribution < 1.29 is 15.3 Å². The van der Waals surface area contributed by atoms with E-state index in [4.69, 9.17) is 22.4 Å². The monoisotopic (exact) mass is 274 g/mol. The van der Waals surface area contributed by atoms with Gasteiger partial charge in [-0.2, -0.15) is 0 Å². The molecule has 0 aromatic heterocycles. The van der Waals surface area contributed by atoms with Crippen LogP contribution in [0.25, 0.3) is 0 Å². The lowest BCUT2D eigenvalue weighted by Crippen LogP contribution is -2.27. The predicted molar refractivity (Wildman–Crippen MR) is 72.8 cm³/mol. The van der Waals surface area contributed by atoms with E-state index in [2.05, 4.69) is 5.32 Å². The highest BCUT2D eigenvalue weighted by Crippen LogP contribution is 2.26. The molecule has 0 spiro atoms. The summed E-state index contributed by atoms with van der Waals surface area (Å²) in [7, 11) is 0. The van der Waals surface area contributed by atoms with Crippen LogP contribution < -0.4 is 11.1 Å². The molecule has 0 heterocycles. The van der Waals surface area contributed by atoms with Crippen molar-refractivity contribution in [1.29, 1.82) is 0 Å². The molecule has 0 bridgehead atoms. The van der Waals surface area contributed by atoms with Crippen molar-refractivity contribution in [2.75, 3.05) is 24.2 Å². The van der Waals surface area contributed by atoms with Crippen molar-refractivity contribution in [2.24, 2.45) is 0 Å². The Kier molecular flexibility index (Phi) is 5.68. The SMILES string of the molecule is Cc1cc(N)c(NCC(O)C[C@H](O)CO)cc1Cl. The molecule has 0 aliphatic rings. The molecule has 18 heavy (non-hydrogen) atoms. The van der Waals surface area contributed by atoms with Gasteiger partial charge in [0.05, 0.1) is 30.2 Å². The zero-order valence-corrected chi connectivity index (χ0v) is 11.0. The highest BCUT2D eigenvalue weighted by atomic mass is 35.5. The maximum Gasteiger partial charge on any atom is 0.0796 e. The molecule has 0 aliphatic heterocycles. The third kappa shape index (κ3) is 4.34. The molecule has 5 nitrogen and oxygen atoms in total. The number of halogens is 1. The molecule has 0 saturated heterocycles. The second kappa shape index (κ2) is 6.80. The van der Waals surface area contributed by atoms with E-state index >= 15 is 0 Å². The lowest BCUT2D eigenvalue weighted by atomic mass is 10.1. The Bertz CT molecular complexity index is 401. The molecule has 1 aromatic carbocycles. The van der Waals surface area contributed by atoms with Gasteiger partial charge in [0.2, 0.25) is 0 Å². The Morgan fingerprint density at radius 2 is 2.00 bits per heavy atom.